The van der Waals surface area contributed by atoms with E-state index in [0.717, 1.165) is 48.9 Å². The van der Waals surface area contributed by atoms with Crippen molar-refractivity contribution < 1.29 is 48.8 Å². The van der Waals surface area contributed by atoms with E-state index in [2.05, 4.69) is 58.2 Å². The molecule has 0 aromatic carbocycles. The van der Waals surface area contributed by atoms with Crippen LogP contribution in [0.4, 0.5) is 0 Å². The van der Waals surface area contributed by atoms with E-state index < -0.39 is 11.9 Å². The normalized spacial score (nSPS) is 9.66. The summed E-state index contributed by atoms with van der Waals surface area (Å²) in [6, 6.07) is 13.2. The van der Waals surface area contributed by atoms with Gasteiger partial charge < -0.3 is 30.5 Å². The minimum absolute atomic E-state index is 0. The maximum atomic E-state index is 10.8. The van der Waals surface area contributed by atoms with Gasteiger partial charge in [0.05, 0.1) is 47.1 Å². The molecule has 4 rings (SSSR count). The number of rotatable bonds is 24. The standard InChI is InChI=1S/C30H48N2O2.C12H8N2O4.2CNS.Ru/c1-3-5-7-9-11-13-15-17-23-33-27-19-21-31-29(25-27)30-26-28(20-22-32-30)34-24-18-16-14-12-10-8-6-4-2;15-11(16)7-1-3-13-9(5-7)10-6-8(12(17)18)2-4-14-10;2*2-1-3;/h19-22,25-26H,3-18,23-24H2,1-2H3;1-6H,(H,15,16)(H,17,18);;;/q;;2*-1;+2. The minimum atomic E-state index is -1.08. The molecule has 2 N–H and O–H groups in total. The van der Waals surface area contributed by atoms with E-state index in [0.29, 0.717) is 11.4 Å². The molecule has 0 aliphatic rings. The number of aromatic nitrogens is 4. The maximum absolute atomic E-state index is 10.8. The van der Waals surface area contributed by atoms with Gasteiger partial charge >= 0.3 is 31.4 Å². The Balaban J connectivity index is 0.00000112. The van der Waals surface area contributed by atoms with Gasteiger partial charge in [-0.1, -0.05) is 128 Å². The van der Waals surface area contributed by atoms with Crippen molar-refractivity contribution in [3.05, 3.63) is 95.3 Å². The van der Waals surface area contributed by atoms with Crippen LogP contribution in [0.1, 0.15) is 137 Å². The first-order chi connectivity index (χ1) is 28.2. The largest absolute Gasteiger partial charge is 2.00 e. The maximum Gasteiger partial charge on any atom is 2.00 e. The van der Waals surface area contributed by atoms with Crippen molar-refractivity contribution in [2.75, 3.05) is 13.2 Å². The van der Waals surface area contributed by atoms with Crippen molar-refractivity contribution in [3.8, 4) is 34.3 Å². The number of hydrogen-bond donors (Lipinski definition) is 2. The predicted molar refractivity (Wildman–Crippen MR) is 237 cm³/mol. The Kier molecular flexibility index (Phi) is 33.6. The Morgan fingerprint density at radius 1 is 0.525 bits per heavy atom. The van der Waals surface area contributed by atoms with Gasteiger partial charge in [0, 0.05) is 36.9 Å². The van der Waals surface area contributed by atoms with Crippen LogP contribution in [0.2, 0.25) is 0 Å². The average Bonchev–Trinajstić information content (AvgIpc) is 3.23. The number of thiocarbonyl (C=S) groups is 2. The molecule has 4 heterocycles. The smallest absolute Gasteiger partial charge is 0.753 e. The van der Waals surface area contributed by atoms with Crippen molar-refractivity contribution in [1.29, 1.82) is 0 Å². The van der Waals surface area contributed by atoms with Crippen molar-refractivity contribution in [2.24, 2.45) is 0 Å². The van der Waals surface area contributed by atoms with Crippen LogP contribution in [0, 0.1) is 0 Å². The fourth-order valence-corrected chi connectivity index (χ4v) is 5.54. The predicted octanol–water partition coefficient (Wildman–Crippen LogP) is 12.0. The Hall–Kier alpha value is -4.64. The van der Waals surface area contributed by atoms with Crippen LogP contribution in [-0.2, 0) is 19.5 Å². The summed E-state index contributed by atoms with van der Waals surface area (Å²) in [7, 11) is 0. The zero-order valence-electron chi connectivity index (χ0n) is 34.0. The summed E-state index contributed by atoms with van der Waals surface area (Å²) in [6.07, 6.45) is 27.2. The van der Waals surface area contributed by atoms with Gasteiger partial charge in [-0.3, -0.25) is 19.9 Å². The molecule has 318 valence electrons. The van der Waals surface area contributed by atoms with E-state index in [1.54, 1.807) is 12.4 Å². The zero-order chi connectivity index (χ0) is 42.6. The molecule has 0 aliphatic heterocycles. The number of nitrogens with zero attached hydrogens (tertiary/aromatic N) is 6. The number of carboxylic acid groups (broad SMARTS) is 2. The molecule has 4 aromatic rings. The van der Waals surface area contributed by atoms with Crippen LogP contribution in [0.25, 0.3) is 33.6 Å². The molecule has 0 unspecified atom stereocenters. The second-order valence-electron chi connectivity index (χ2n) is 13.1. The fourth-order valence-electron chi connectivity index (χ4n) is 5.54. The number of isothiocyanates is 2. The van der Waals surface area contributed by atoms with E-state index in [9.17, 15) is 9.59 Å². The molecule has 0 atom stereocenters. The van der Waals surface area contributed by atoms with E-state index in [1.807, 2.05) is 24.3 Å². The Bertz CT molecular complexity index is 1690. The molecular weight excluding hydrogens is 874 g/mol. The number of ether oxygens (including phenoxy) is 2. The van der Waals surface area contributed by atoms with Crippen LogP contribution in [0.3, 0.4) is 0 Å². The Morgan fingerprint density at radius 3 is 1.10 bits per heavy atom. The molecule has 0 saturated carbocycles. The third kappa shape index (κ3) is 26.2. The first-order valence-electron chi connectivity index (χ1n) is 19.8. The zero-order valence-corrected chi connectivity index (χ0v) is 37.4. The van der Waals surface area contributed by atoms with E-state index >= 15 is 0 Å². The number of carboxylic acids is 2. The topological polar surface area (TPSA) is 189 Å². The first-order valence-corrected chi connectivity index (χ1v) is 20.7. The Labute approximate surface area is 372 Å². The van der Waals surface area contributed by atoms with Gasteiger partial charge in [0.2, 0.25) is 0 Å². The van der Waals surface area contributed by atoms with Crippen molar-refractivity contribution in [1.82, 2.24) is 19.9 Å². The summed E-state index contributed by atoms with van der Waals surface area (Å²) in [5, 5.41) is 34.6. The molecule has 15 heteroatoms. The van der Waals surface area contributed by atoms with Crippen LogP contribution in [0.5, 0.6) is 11.5 Å². The summed E-state index contributed by atoms with van der Waals surface area (Å²) in [6.45, 7) is 6.05. The van der Waals surface area contributed by atoms with E-state index in [-0.39, 0.29) is 30.6 Å². The van der Waals surface area contributed by atoms with Crippen molar-refractivity contribution in [3.63, 3.8) is 0 Å². The molecule has 0 amide bonds. The third-order valence-corrected chi connectivity index (χ3v) is 8.53. The minimum Gasteiger partial charge on any atom is -0.753 e. The van der Waals surface area contributed by atoms with Crippen LogP contribution >= 0.6 is 24.4 Å². The quantitative estimate of drug-likeness (QED) is 0.0293. The summed E-state index contributed by atoms with van der Waals surface area (Å²) >= 11 is 7.40. The Morgan fingerprint density at radius 2 is 0.797 bits per heavy atom. The summed E-state index contributed by atoms with van der Waals surface area (Å²) in [4.78, 5) is 38.6. The average molecular weight is 930 g/mol. The number of hydrogen-bond acceptors (Lipinski definition) is 10. The van der Waals surface area contributed by atoms with Crippen LogP contribution in [-0.4, -0.2) is 65.6 Å². The molecule has 12 nitrogen and oxygen atoms in total. The summed E-state index contributed by atoms with van der Waals surface area (Å²) in [5.41, 5.74) is 2.43. The van der Waals surface area contributed by atoms with Crippen LogP contribution in [0.15, 0.2) is 73.3 Å². The first kappa shape index (κ1) is 54.4. The molecule has 0 spiro atoms. The van der Waals surface area contributed by atoms with E-state index in [1.165, 1.54) is 137 Å². The fraction of sp³-hybridized carbons (Fsp3) is 0.455. The number of pyridine rings is 4. The second-order valence-corrected chi connectivity index (χ2v) is 13.4. The molecule has 0 saturated heterocycles. The second kappa shape index (κ2) is 36.4. The van der Waals surface area contributed by atoms with Gasteiger partial charge in [0.15, 0.2) is 0 Å². The molecule has 59 heavy (non-hydrogen) atoms. The van der Waals surface area contributed by atoms with Gasteiger partial charge in [0.25, 0.3) is 0 Å². The third-order valence-electron chi connectivity index (χ3n) is 8.53. The molecule has 0 aliphatic carbocycles. The van der Waals surface area contributed by atoms with Crippen molar-refractivity contribution in [2.45, 2.75) is 117 Å². The van der Waals surface area contributed by atoms with Gasteiger partial charge in [-0.25, -0.2) is 9.59 Å². The van der Waals surface area contributed by atoms with Crippen LogP contribution < -0.4 is 9.47 Å². The molecule has 0 bridgehead atoms. The van der Waals surface area contributed by atoms with Gasteiger partial charge in [-0.15, -0.1) is 0 Å². The monoisotopic (exact) mass is 930 g/mol. The van der Waals surface area contributed by atoms with Gasteiger partial charge in [-0.2, -0.15) is 10.3 Å². The molecule has 4 aromatic heterocycles. The number of aromatic carboxylic acids is 2. The van der Waals surface area contributed by atoms with Gasteiger partial charge in [0.1, 0.15) is 11.5 Å². The molecule has 0 radical (unpaired) electrons. The van der Waals surface area contributed by atoms with E-state index in [4.69, 9.17) is 30.5 Å². The van der Waals surface area contributed by atoms with Gasteiger partial charge in [-0.05, 0) is 49.2 Å². The molecule has 0 fully saturated rings. The SMILES string of the molecule is CCCCCCCCCCOc1ccnc(-c2cc(OCCCCCCCCCC)ccn2)c1.O=C(O)c1ccnc(-c2cc(C(=O)O)ccn2)c1.[N-]=C=S.[N-]=C=S.[Ru+2]. The number of carbonyl (C=O) groups is 2. The summed E-state index contributed by atoms with van der Waals surface area (Å²) in [5.74, 6) is -0.430. The van der Waals surface area contributed by atoms with Crippen molar-refractivity contribution >= 4 is 46.7 Å². The summed E-state index contributed by atoms with van der Waals surface area (Å²) < 4.78 is 12.0. The molecular formula is C44H56N6O6RuS2. The number of unbranched alkanes of at least 4 members (excludes halogenated alkanes) is 14.